The van der Waals surface area contributed by atoms with Crippen molar-refractivity contribution in [2.24, 2.45) is 0 Å². The van der Waals surface area contributed by atoms with Crippen molar-refractivity contribution >= 4 is 11.8 Å². The number of furan rings is 1. The molecule has 5 heteroatoms. The lowest BCUT2D eigenvalue weighted by Crippen LogP contribution is -2.42. The van der Waals surface area contributed by atoms with Gasteiger partial charge in [0.25, 0.3) is 5.91 Å². The van der Waals surface area contributed by atoms with Crippen LogP contribution in [0.2, 0.25) is 0 Å². The first-order valence-electron chi connectivity index (χ1n) is 7.35. The van der Waals surface area contributed by atoms with E-state index < -0.39 is 11.9 Å². The molecule has 0 aliphatic heterocycles. The number of nitrogens with zero attached hydrogens (tertiary/aromatic N) is 1. The maximum absolute atomic E-state index is 12.7. The van der Waals surface area contributed by atoms with Crippen molar-refractivity contribution in [3.05, 3.63) is 60.1 Å². The van der Waals surface area contributed by atoms with Gasteiger partial charge in [0.15, 0.2) is 5.76 Å². The molecule has 1 aromatic heterocycles. The van der Waals surface area contributed by atoms with Crippen molar-refractivity contribution in [3.8, 4) is 0 Å². The van der Waals surface area contributed by atoms with Crippen molar-refractivity contribution in [1.82, 2.24) is 10.2 Å². The SMILES string of the molecule is CCN(CC)C(=O)[C@@H](NC(=O)c1ccco1)c1ccccc1. The molecule has 22 heavy (non-hydrogen) atoms. The van der Waals surface area contributed by atoms with Crippen LogP contribution < -0.4 is 5.32 Å². The van der Waals surface area contributed by atoms with Gasteiger partial charge in [0.05, 0.1) is 6.26 Å². The summed E-state index contributed by atoms with van der Waals surface area (Å²) in [5.41, 5.74) is 0.749. The lowest BCUT2D eigenvalue weighted by Gasteiger charge is -2.26. The third kappa shape index (κ3) is 3.55. The van der Waals surface area contributed by atoms with Gasteiger partial charge in [-0.1, -0.05) is 30.3 Å². The van der Waals surface area contributed by atoms with Gasteiger partial charge in [-0.15, -0.1) is 0 Å². The largest absolute Gasteiger partial charge is 0.459 e. The number of carbonyl (C=O) groups is 2. The Kier molecular flexibility index (Phi) is 5.36. The number of carbonyl (C=O) groups excluding carboxylic acids is 2. The van der Waals surface area contributed by atoms with Crippen molar-refractivity contribution in [2.45, 2.75) is 19.9 Å². The highest BCUT2D eigenvalue weighted by molar-refractivity contribution is 5.95. The molecule has 2 amide bonds. The highest BCUT2D eigenvalue weighted by Crippen LogP contribution is 2.17. The van der Waals surface area contributed by atoms with E-state index in [0.29, 0.717) is 13.1 Å². The van der Waals surface area contributed by atoms with E-state index >= 15 is 0 Å². The second-order valence-electron chi connectivity index (χ2n) is 4.80. The quantitative estimate of drug-likeness (QED) is 0.892. The molecule has 1 aromatic carbocycles. The molecule has 0 saturated carbocycles. The standard InChI is InChI=1S/C17H20N2O3/c1-3-19(4-2)17(21)15(13-9-6-5-7-10-13)18-16(20)14-11-8-12-22-14/h5-12,15H,3-4H2,1-2H3,(H,18,20)/t15-/m0/s1. The first-order valence-corrected chi connectivity index (χ1v) is 7.35. The van der Waals surface area contributed by atoms with Crippen molar-refractivity contribution < 1.29 is 14.0 Å². The zero-order valence-electron chi connectivity index (χ0n) is 12.8. The van der Waals surface area contributed by atoms with Crippen LogP contribution in [0.3, 0.4) is 0 Å². The molecule has 0 saturated heterocycles. The maximum atomic E-state index is 12.7. The van der Waals surface area contributed by atoms with Crippen LogP contribution in [0.15, 0.2) is 53.1 Å². The highest BCUT2D eigenvalue weighted by atomic mass is 16.3. The average Bonchev–Trinajstić information content (AvgIpc) is 3.09. The van der Waals surface area contributed by atoms with Crippen LogP contribution in [-0.4, -0.2) is 29.8 Å². The Labute approximate surface area is 129 Å². The summed E-state index contributed by atoms with van der Waals surface area (Å²) in [7, 11) is 0. The first kappa shape index (κ1) is 15.8. The minimum atomic E-state index is -0.723. The van der Waals surface area contributed by atoms with E-state index in [9.17, 15) is 9.59 Å². The lowest BCUT2D eigenvalue weighted by molar-refractivity contribution is -0.133. The minimum Gasteiger partial charge on any atom is -0.459 e. The highest BCUT2D eigenvalue weighted by Gasteiger charge is 2.27. The molecule has 0 unspecified atom stereocenters. The number of hydrogen-bond donors (Lipinski definition) is 1. The number of likely N-dealkylation sites (N-methyl/N-ethyl adjacent to an activating group) is 1. The second kappa shape index (κ2) is 7.45. The summed E-state index contributed by atoms with van der Waals surface area (Å²) < 4.78 is 5.09. The molecular weight excluding hydrogens is 280 g/mol. The number of rotatable bonds is 6. The summed E-state index contributed by atoms with van der Waals surface area (Å²) in [6, 6.07) is 11.7. The van der Waals surface area contributed by atoms with Gasteiger partial charge in [0.2, 0.25) is 5.91 Å². The summed E-state index contributed by atoms with van der Waals surface area (Å²) >= 11 is 0. The smallest absolute Gasteiger partial charge is 0.287 e. The van der Waals surface area contributed by atoms with Gasteiger partial charge in [-0.05, 0) is 31.5 Å². The molecule has 2 rings (SSSR count). The molecule has 0 aliphatic rings. The predicted octanol–water partition coefficient (Wildman–Crippen LogP) is 2.62. The molecule has 1 N–H and O–H groups in total. The van der Waals surface area contributed by atoms with Crippen molar-refractivity contribution in [1.29, 1.82) is 0 Å². The zero-order chi connectivity index (χ0) is 15.9. The van der Waals surface area contributed by atoms with Gasteiger partial charge in [0, 0.05) is 13.1 Å². The summed E-state index contributed by atoms with van der Waals surface area (Å²) in [6.07, 6.45) is 1.43. The second-order valence-corrected chi connectivity index (χ2v) is 4.80. The number of hydrogen-bond acceptors (Lipinski definition) is 3. The fourth-order valence-electron chi connectivity index (χ4n) is 2.26. The normalized spacial score (nSPS) is 11.7. The van der Waals surface area contributed by atoms with Crippen LogP contribution in [0.5, 0.6) is 0 Å². The van der Waals surface area contributed by atoms with Gasteiger partial charge >= 0.3 is 0 Å². The van der Waals surface area contributed by atoms with E-state index in [-0.39, 0.29) is 11.7 Å². The molecule has 1 heterocycles. The van der Waals surface area contributed by atoms with Crippen LogP contribution in [0.1, 0.15) is 36.0 Å². The summed E-state index contributed by atoms with van der Waals surface area (Å²) in [6.45, 7) is 5.01. The molecule has 2 aromatic rings. The Morgan fingerprint density at radius 3 is 2.32 bits per heavy atom. The van der Waals surface area contributed by atoms with Gasteiger partial charge in [-0.2, -0.15) is 0 Å². The van der Waals surface area contributed by atoms with Gasteiger partial charge < -0.3 is 14.6 Å². The van der Waals surface area contributed by atoms with E-state index in [1.807, 2.05) is 44.2 Å². The van der Waals surface area contributed by atoms with Crippen LogP contribution in [0.25, 0.3) is 0 Å². The molecule has 0 bridgehead atoms. The molecular formula is C17H20N2O3. The molecule has 1 atom stereocenters. The summed E-state index contributed by atoms with van der Waals surface area (Å²) in [5.74, 6) is -0.344. The topological polar surface area (TPSA) is 62.6 Å². The van der Waals surface area contributed by atoms with Crippen molar-refractivity contribution in [3.63, 3.8) is 0 Å². The Morgan fingerprint density at radius 1 is 1.09 bits per heavy atom. The molecule has 0 spiro atoms. The van der Waals surface area contributed by atoms with Crippen LogP contribution in [0, 0.1) is 0 Å². The molecule has 116 valence electrons. The van der Waals surface area contributed by atoms with E-state index in [4.69, 9.17) is 4.42 Å². The summed E-state index contributed by atoms with van der Waals surface area (Å²) in [5, 5.41) is 2.76. The molecule has 0 fully saturated rings. The Bertz CT molecular complexity index is 604. The Balaban J connectivity index is 2.26. The molecule has 5 nitrogen and oxygen atoms in total. The fraction of sp³-hybridized carbons (Fsp3) is 0.294. The van der Waals surface area contributed by atoms with Crippen LogP contribution >= 0.6 is 0 Å². The van der Waals surface area contributed by atoms with Crippen LogP contribution in [-0.2, 0) is 4.79 Å². The third-order valence-corrected chi connectivity index (χ3v) is 3.48. The van der Waals surface area contributed by atoms with E-state index in [0.717, 1.165) is 5.56 Å². The number of benzene rings is 1. The lowest BCUT2D eigenvalue weighted by atomic mass is 10.1. The van der Waals surface area contributed by atoms with E-state index in [1.165, 1.54) is 6.26 Å². The van der Waals surface area contributed by atoms with Gasteiger partial charge in [-0.25, -0.2) is 0 Å². The van der Waals surface area contributed by atoms with Crippen LogP contribution in [0.4, 0.5) is 0 Å². The predicted molar refractivity (Wildman–Crippen MR) is 83.3 cm³/mol. The molecule has 0 radical (unpaired) electrons. The number of amides is 2. The van der Waals surface area contributed by atoms with E-state index in [2.05, 4.69) is 5.32 Å². The molecule has 0 aliphatic carbocycles. The first-order chi connectivity index (χ1) is 10.7. The minimum absolute atomic E-state index is 0.129. The Hall–Kier alpha value is -2.56. The summed E-state index contributed by atoms with van der Waals surface area (Å²) in [4.78, 5) is 26.6. The zero-order valence-corrected chi connectivity index (χ0v) is 12.8. The number of nitrogens with one attached hydrogen (secondary N) is 1. The average molecular weight is 300 g/mol. The third-order valence-electron chi connectivity index (χ3n) is 3.48. The monoisotopic (exact) mass is 300 g/mol. The fourth-order valence-corrected chi connectivity index (χ4v) is 2.26. The van der Waals surface area contributed by atoms with Gasteiger partial charge in [-0.3, -0.25) is 9.59 Å². The Morgan fingerprint density at radius 2 is 1.77 bits per heavy atom. The van der Waals surface area contributed by atoms with Gasteiger partial charge in [0.1, 0.15) is 6.04 Å². The van der Waals surface area contributed by atoms with Crippen molar-refractivity contribution in [2.75, 3.05) is 13.1 Å². The maximum Gasteiger partial charge on any atom is 0.287 e. The van der Waals surface area contributed by atoms with E-state index in [1.54, 1.807) is 17.0 Å².